The van der Waals surface area contributed by atoms with Gasteiger partial charge in [-0.15, -0.1) is 11.6 Å². The second-order valence-corrected chi connectivity index (χ2v) is 5.45. The Morgan fingerprint density at radius 1 is 1.33 bits per heavy atom. The number of hydrogen-bond acceptors (Lipinski definition) is 2. The average molecular weight is 275 g/mol. The summed E-state index contributed by atoms with van der Waals surface area (Å²) in [7, 11) is 0. The van der Waals surface area contributed by atoms with Crippen LogP contribution in [0, 0.1) is 0 Å². The van der Waals surface area contributed by atoms with Gasteiger partial charge in [-0.25, -0.2) is 0 Å². The number of nitrogens with zero attached hydrogens (tertiary/aromatic N) is 1. The summed E-state index contributed by atoms with van der Waals surface area (Å²) in [5, 5.41) is 2.94. The molecule has 0 saturated heterocycles. The quantitative estimate of drug-likeness (QED) is 0.796. The van der Waals surface area contributed by atoms with E-state index in [0.717, 1.165) is 25.7 Å². The van der Waals surface area contributed by atoms with Crippen LogP contribution in [-0.4, -0.2) is 40.7 Å². The van der Waals surface area contributed by atoms with Crippen molar-refractivity contribution in [2.24, 2.45) is 0 Å². The van der Waals surface area contributed by atoms with Crippen molar-refractivity contribution in [1.29, 1.82) is 0 Å². The molecule has 1 aliphatic carbocycles. The predicted molar refractivity (Wildman–Crippen MR) is 72.6 cm³/mol. The Kier molecular flexibility index (Phi) is 5.93. The van der Waals surface area contributed by atoms with Gasteiger partial charge < -0.3 is 10.2 Å². The second kappa shape index (κ2) is 6.98. The first kappa shape index (κ1) is 15.3. The van der Waals surface area contributed by atoms with Gasteiger partial charge in [0.25, 0.3) is 0 Å². The summed E-state index contributed by atoms with van der Waals surface area (Å²) in [5.41, 5.74) is 0. The lowest BCUT2D eigenvalue weighted by atomic mass is 9.88. The number of carbonyl (C=O) groups excluding carboxylic acids is 2. The Balaban J connectivity index is 2.79. The molecule has 104 valence electrons. The van der Waals surface area contributed by atoms with Crippen LogP contribution in [0.5, 0.6) is 0 Å². The van der Waals surface area contributed by atoms with Crippen LogP contribution < -0.4 is 5.32 Å². The van der Waals surface area contributed by atoms with Gasteiger partial charge in [0.15, 0.2) is 0 Å². The van der Waals surface area contributed by atoms with Crippen molar-refractivity contribution in [1.82, 2.24) is 10.2 Å². The molecular formula is C13H23ClN2O2. The maximum Gasteiger partial charge on any atom is 0.235 e. The van der Waals surface area contributed by atoms with Crippen molar-refractivity contribution in [3.05, 3.63) is 0 Å². The van der Waals surface area contributed by atoms with Crippen molar-refractivity contribution < 1.29 is 9.59 Å². The normalized spacial score (nSPS) is 23.8. The molecule has 0 aromatic heterocycles. The highest BCUT2D eigenvalue weighted by Crippen LogP contribution is 2.25. The summed E-state index contributed by atoms with van der Waals surface area (Å²) < 4.78 is 0. The zero-order valence-electron chi connectivity index (χ0n) is 11.4. The van der Waals surface area contributed by atoms with E-state index in [4.69, 9.17) is 11.6 Å². The summed E-state index contributed by atoms with van der Waals surface area (Å²) in [4.78, 5) is 25.1. The van der Waals surface area contributed by atoms with Gasteiger partial charge in [0.05, 0.1) is 6.04 Å². The molecule has 0 spiro atoms. The molecule has 1 saturated carbocycles. The number of hydrogen-bond donors (Lipinski definition) is 1. The molecule has 18 heavy (non-hydrogen) atoms. The molecule has 0 aliphatic heterocycles. The van der Waals surface area contributed by atoms with E-state index in [0.29, 0.717) is 0 Å². The fraction of sp³-hybridized carbons (Fsp3) is 0.846. The molecule has 0 bridgehead atoms. The average Bonchev–Trinajstić information content (AvgIpc) is 2.30. The van der Waals surface area contributed by atoms with Gasteiger partial charge in [0.1, 0.15) is 5.88 Å². The first-order valence-electron chi connectivity index (χ1n) is 6.61. The van der Waals surface area contributed by atoms with E-state index in [-0.39, 0.29) is 35.8 Å². The van der Waals surface area contributed by atoms with Gasteiger partial charge in [-0.05, 0) is 26.7 Å². The van der Waals surface area contributed by atoms with Crippen LogP contribution in [0.4, 0.5) is 0 Å². The maximum atomic E-state index is 11.8. The molecule has 4 nitrogen and oxygen atoms in total. The molecule has 1 N–H and O–H groups in total. The summed E-state index contributed by atoms with van der Waals surface area (Å²) in [6.45, 7) is 5.61. The van der Waals surface area contributed by atoms with E-state index in [2.05, 4.69) is 5.32 Å². The molecule has 0 radical (unpaired) electrons. The molecule has 0 aromatic rings. The van der Waals surface area contributed by atoms with Gasteiger partial charge in [0, 0.05) is 19.0 Å². The fourth-order valence-corrected chi connectivity index (χ4v) is 2.92. The highest BCUT2D eigenvalue weighted by Gasteiger charge is 2.33. The minimum atomic E-state index is -0.152. The lowest BCUT2D eigenvalue weighted by Crippen LogP contribution is -2.56. The number of amides is 2. The smallest absolute Gasteiger partial charge is 0.235 e. The van der Waals surface area contributed by atoms with Gasteiger partial charge in [-0.3, -0.25) is 9.59 Å². The van der Waals surface area contributed by atoms with E-state index < -0.39 is 0 Å². The largest absolute Gasteiger partial charge is 0.350 e. The predicted octanol–water partition coefficient (Wildman–Crippen LogP) is 1.91. The number of nitrogens with one attached hydrogen (secondary N) is 1. The Hall–Kier alpha value is -0.770. The van der Waals surface area contributed by atoms with Crippen LogP contribution in [0.15, 0.2) is 0 Å². The summed E-state index contributed by atoms with van der Waals surface area (Å²) in [6, 6.07) is 0.292. The Labute approximate surface area is 114 Å². The van der Waals surface area contributed by atoms with Gasteiger partial charge in [-0.1, -0.05) is 12.8 Å². The van der Waals surface area contributed by atoms with E-state index >= 15 is 0 Å². The molecular weight excluding hydrogens is 252 g/mol. The molecule has 0 heterocycles. The van der Waals surface area contributed by atoms with Gasteiger partial charge >= 0.3 is 0 Å². The maximum absolute atomic E-state index is 11.8. The molecule has 1 aliphatic rings. The third-order valence-electron chi connectivity index (χ3n) is 3.47. The van der Waals surface area contributed by atoms with Crippen molar-refractivity contribution in [2.75, 3.05) is 5.88 Å². The van der Waals surface area contributed by atoms with Crippen LogP contribution in [0.3, 0.4) is 0 Å². The van der Waals surface area contributed by atoms with Crippen LogP contribution >= 0.6 is 11.6 Å². The first-order chi connectivity index (χ1) is 8.47. The number of halogens is 1. The standard InChI is InChI=1S/C13H23ClN2O2/c1-9(2)16(10(3)17)12-7-5-4-6-11(12)15-13(18)8-14/h9,11-12H,4-8H2,1-3H3,(H,15,18)/t11-,12+/m0/s1. The molecule has 1 fully saturated rings. The van der Waals surface area contributed by atoms with E-state index in [1.165, 1.54) is 0 Å². The highest BCUT2D eigenvalue weighted by molar-refractivity contribution is 6.27. The molecule has 0 aromatic carbocycles. The lowest BCUT2D eigenvalue weighted by molar-refractivity contribution is -0.135. The monoisotopic (exact) mass is 274 g/mol. The SMILES string of the molecule is CC(=O)N(C(C)C)[C@@H]1CCCC[C@@H]1NC(=O)CCl. The van der Waals surface area contributed by atoms with Crippen molar-refractivity contribution in [3.8, 4) is 0 Å². The zero-order chi connectivity index (χ0) is 13.7. The van der Waals surface area contributed by atoms with Crippen LogP contribution in [-0.2, 0) is 9.59 Å². The fourth-order valence-electron chi connectivity index (χ4n) is 2.84. The molecule has 2 atom stereocenters. The Morgan fingerprint density at radius 2 is 1.94 bits per heavy atom. The second-order valence-electron chi connectivity index (χ2n) is 5.18. The Morgan fingerprint density at radius 3 is 2.44 bits per heavy atom. The number of rotatable bonds is 4. The third kappa shape index (κ3) is 3.87. The topological polar surface area (TPSA) is 49.4 Å². The number of alkyl halides is 1. The van der Waals surface area contributed by atoms with E-state index in [1.54, 1.807) is 6.92 Å². The number of carbonyl (C=O) groups is 2. The van der Waals surface area contributed by atoms with Crippen molar-refractivity contribution in [2.45, 2.75) is 64.6 Å². The minimum Gasteiger partial charge on any atom is -0.350 e. The zero-order valence-corrected chi connectivity index (χ0v) is 12.2. The summed E-state index contributed by atoms with van der Waals surface area (Å²) in [6.07, 6.45) is 4.07. The van der Waals surface area contributed by atoms with Gasteiger partial charge in [0.2, 0.25) is 11.8 Å². The Bertz CT molecular complexity index is 307. The lowest BCUT2D eigenvalue weighted by Gasteiger charge is -2.42. The molecule has 5 heteroatoms. The molecule has 2 amide bonds. The van der Waals surface area contributed by atoms with Crippen LogP contribution in [0.25, 0.3) is 0 Å². The molecule has 0 unspecified atom stereocenters. The van der Waals surface area contributed by atoms with Crippen LogP contribution in [0.2, 0.25) is 0 Å². The third-order valence-corrected chi connectivity index (χ3v) is 3.72. The van der Waals surface area contributed by atoms with Crippen molar-refractivity contribution >= 4 is 23.4 Å². The first-order valence-corrected chi connectivity index (χ1v) is 7.15. The molecule has 1 rings (SSSR count). The van der Waals surface area contributed by atoms with E-state index in [1.807, 2.05) is 18.7 Å². The van der Waals surface area contributed by atoms with Crippen LogP contribution in [0.1, 0.15) is 46.5 Å². The highest BCUT2D eigenvalue weighted by atomic mass is 35.5. The summed E-state index contributed by atoms with van der Waals surface area (Å²) >= 11 is 5.53. The van der Waals surface area contributed by atoms with Gasteiger partial charge in [-0.2, -0.15) is 0 Å². The summed E-state index contributed by atoms with van der Waals surface area (Å²) in [5.74, 6) is -0.104. The minimum absolute atomic E-state index is 0.0228. The van der Waals surface area contributed by atoms with Crippen molar-refractivity contribution in [3.63, 3.8) is 0 Å². The van der Waals surface area contributed by atoms with E-state index in [9.17, 15) is 9.59 Å².